The van der Waals surface area contributed by atoms with E-state index in [1.807, 2.05) is 7.05 Å². The van der Waals surface area contributed by atoms with Crippen molar-refractivity contribution in [3.8, 4) is 0 Å². The molecule has 0 spiro atoms. The third-order valence-electron chi connectivity index (χ3n) is 2.34. The number of anilines is 1. The van der Waals surface area contributed by atoms with Gasteiger partial charge in [0.05, 0.1) is 16.9 Å². The second-order valence-corrected chi connectivity index (χ2v) is 7.08. The van der Waals surface area contributed by atoms with Crippen molar-refractivity contribution in [2.24, 2.45) is 0 Å². The van der Waals surface area contributed by atoms with Crippen molar-refractivity contribution in [2.45, 2.75) is 13.0 Å². The summed E-state index contributed by atoms with van der Waals surface area (Å²) in [6.45, 7) is 1.52. The van der Waals surface area contributed by atoms with E-state index in [1.54, 1.807) is 18.4 Å². The minimum atomic E-state index is 0.664. The van der Waals surface area contributed by atoms with E-state index >= 15 is 0 Å². The second kappa shape index (κ2) is 6.60. The van der Waals surface area contributed by atoms with E-state index in [2.05, 4.69) is 42.3 Å². The third-order valence-corrected chi connectivity index (χ3v) is 4.81. The zero-order chi connectivity index (χ0) is 13.0. The normalized spacial score (nSPS) is 10.8. The summed E-state index contributed by atoms with van der Waals surface area (Å²) in [5.41, 5.74) is 0. The maximum atomic E-state index is 5.02. The molecule has 98 valence electrons. The average molecular weight is 348 g/mol. The predicted octanol–water partition coefficient (Wildman–Crippen LogP) is 3.19. The Balaban J connectivity index is 1.96. The Labute approximate surface area is 123 Å². The Bertz CT molecular complexity index is 500. The molecule has 0 aliphatic rings. The third kappa shape index (κ3) is 3.74. The van der Waals surface area contributed by atoms with Gasteiger partial charge in [0.25, 0.3) is 0 Å². The Morgan fingerprint density at radius 2 is 2.28 bits per heavy atom. The zero-order valence-corrected chi connectivity index (χ0v) is 13.4. The Morgan fingerprint density at radius 3 is 2.94 bits per heavy atom. The van der Waals surface area contributed by atoms with Crippen LogP contribution in [-0.2, 0) is 17.7 Å². The van der Waals surface area contributed by atoms with Crippen LogP contribution >= 0.6 is 38.8 Å². The van der Waals surface area contributed by atoms with Crippen LogP contribution in [0.25, 0.3) is 0 Å². The minimum Gasteiger partial charge on any atom is -0.384 e. The lowest BCUT2D eigenvalue weighted by Crippen LogP contribution is -2.15. The molecule has 18 heavy (non-hydrogen) atoms. The van der Waals surface area contributed by atoms with Crippen LogP contribution in [0.2, 0.25) is 0 Å². The molecule has 0 N–H and O–H groups in total. The van der Waals surface area contributed by atoms with Crippen molar-refractivity contribution >= 4 is 43.9 Å². The van der Waals surface area contributed by atoms with Crippen molar-refractivity contribution in [2.75, 3.05) is 25.7 Å². The first kappa shape index (κ1) is 13.9. The maximum Gasteiger partial charge on any atom is 0.205 e. The summed E-state index contributed by atoms with van der Waals surface area (Å²) in [7, 11) is 3.72. The van der Waals surface area contributed by atoms with Gasteiger partial charge in [-0.15, -0.1) is 11.3 Å². The molecule has 4 nitrogen and oxygen atoms in total. The summed E-state index contributed by atoms with van der Waals surface area (Å²) in [4.78, 5) is 7.92. The number of halogens is 1. The van der Waals surface area contributed by atoms with Crippen LogP contribution in [-0.4, -0.2) is 30.1 Å². The molecule has 0 fully saturated rings. The lowest BCUT2D eigenvalue weighted by atomic mass is 10.4. The summed E-state index contributed by atoms with van der Waals surface area (Å²) in [6, 6.07) is 4.19. The lowest BCUT2D eigenvalue weighted by Gasteiger charge is -2.13. The molecule has 0 aliphatic carbocycles. The fourth-order valence-electron chi connectivity index (χ4n) is 1.43. The van der Waals surface area contributed by atoms with Crippen molar-refractivity contribution < 1.29 is 4.74 Å². The van der Waals surface area contributed by atoms with Crippen LogP contribution in [0, 0.1) is 0 Å². The van der Waals surface area contributed by atoms with Gasteiger partial charge < -0.3 is 9.64 Å². The summed E-state index contributed by atoms with van der Waals surface area (Å²) >= 11 is 6.65. The molecular formula is C11H14BrN3OS2. The van der Waals surface area contributed by atoms with E-state index in [1.165, 1.54) is 16.4 Å². The molecule has 0 aliphatic heterocycles. The molecular weight excluding hydrogens is 334 g/mol. The standard InChI is InChI=1S/C11H14BrN3OS2/c1-15(7-8-3-4-9(12)17-8)11-13-10(14-18-11)5-6-16-2/h3-4H,5-7H2,1-2H3. The van der Waals surface area contributed by atoms with Crippen LogP contribution in [0.1, 0.15) is 10.7 Å². The SMILES string of the molecule is COCCc1nsc(N(C)Cc2ccc(Br)s2)n1. The number of rotatable bonds is 6. The monoisotopic (exact) mass is 347 g/mol. The maximum absolute atomic E-state index is 5.02. The van der Waals surface area contributed by atoms with E-state index in [-0.39, 0.29) is 0 Å². The van der Waals surface area contributed by atoms with E-state index < -0.39 is 0 Å². The van der Waals surface area contributed by atoms with E-state index in [4.69, 9.17) is 4.74 Å². The lowest BCUT2D eigenvalue weighted by molar-refractivity contribution is 0.201. The summed E-state index contributed by atoms with van der Waals surface area (Å²) in [5, 5.41) is 0.950. The molecule has 2 aromatic rings. The molecule has 0 radical (unpaired) electrons. The van der Waals surface area contributed by atoms with Crippen LogP contribution < -0.4 is 4.90 Å². The highest BCUT2D eigenvalue weighted by Crippen LogP contribution is 2.25. The molecule has 2 aromatic heterocycles. The highest BCUT2D eigenvalue weighted by atomic mass is 79.9. The topological polar surface area (TPSA) is 38.2 Å². The fraction of sp³-hybridized carbons (Fsp3) is 0.455. The van der Waals surface area contributed by atoms with Gasteiger partial charge in [0.2, 0.25) is 5.13 Å². The zero-order valence-electron chi connectivity index (χ0n) is 10.2. The van der Waals surface area contributed by atoms with Gasteiger partial charge in [-0.05, 0) is 28.1 Å². The van der Waals surface area contributed by atoms with Gasteiger partial charge in [-0.25, -0.2) is 4.98 Å². The summed E-state index contributed by atoms with van der Waals surface area (Å²) < 4.78 is 10.5. The van der Waals surface area contributed by atoms with E-state index in [0.29, 0.717) is 6.61 Å². The smallest absolute Gasteiger partial charge is 0.205 e. The molecule has 0 saturated heterocycles. The van der Waals surface area contributed by atoms with Gasteiger partial charge in [-0.1, -0.05) is 0 Å². The summed E-state index contributed by atoms with van der Waals surface area (Å²) in [6.07, 6.45) is 0.769. The van der Waals surface area contributed by atoms with Crippen LogP contribution in [0.5, 0.6) is 0 Å². The molecule has 0 unspecified atom stereocenters. The molecule has 0 atom stereocenters. The highest BCUT2D eigenvalue weighted by Gasteiger charge is 2.10. The Morgan fingerprint density at radius 1 is 1.44 bits per heavy atom. The molecule has 2 rings (SSSR count). The van der Waals surface area contributed by atoms with Gasteiger partial charge in [0, 0.05) is 37.0 Å². The first-order valence-corrected chi connectivity index (χ1v) is 7.84. The van der Waals surface area contributed by atoms with Gasteiger partial charge in [0.15, 0.2) is 0 Å². The van der Waals surface area contributed by atoms with Crippen LogP contribution in [0.3, 0.4) is 0 Å². The molecule has 2 heterocycles. The Hall–Kier alpha value is -0.500. The first-order valence-electron chi connectivity index (χ1n) is 5.46. The fourth-order valence-corrected chi connectivity index (χ4v) is 3.64. The van der Waals surface area contributed by atoms with Gasteiger partial charge in [-0.3, -0.25) is 0 Å². The molecule has 0 aromatic carbocycles. The number of hydrogen-bond acceptors (Lipinski definition) is 6. The molecule has 0 saturated carbocycles. The van der Waals surface area contributed by atoms with Crippen molar-refractivity contribution in [3.05, 3.63) is 26.6 Å². The second-order valence-electron chi connectivity index (χ2n) is 3.80. The van der Waals surface area contributed by atoms with E-state index in [0.717, 1.165) is 27.7 Å². The number of thiophene rings is 1. The molecule has 0 bridgehead atoms. The van der Waals surface area contributed by atoms with Crippen LogP contribution in [0.4, 0.5) is 5.13 Å². The van der Waals surface area contributed by atoms with Crippen molar-refractivity contribution in [1.82, 2.24) is 9.36 Å². The largest absolute Gasteiger partial charge is 0.384 e. The number of hydrogen-bond donors (Lipinski definition) is 0. The van der Waals surface area contributed by atoms with E-state index in [9.17, 15) is 0 Å². The van der Waals surface area contributed by atoms with Crippen molar-refractivity contribution in [3.63, 3.8) is 0 Å². The van der Waals surface area contributed by atoms with Crippen LogP contribution in [0.15, 0.2) is 15.9 Å². The van der Waals surface area contributed by atoms with Gasteiger partial charge in [0.1, 0.15) is 5.82 Å². The molecule has 0 amide bonds. The van der Waals surface area contributed by atoms with Gasteiger partial charge >= 0.3 is 0 Å². The minimum absolute atomic E-state index is 0.664. The number of aromatic nitrogens is 2. The summed E-state index contributed by atoms with van der Waals surface area (Å²) in [5.74, 6) is 0.857. The van der Waals surface area contributed by atoms with Gasteiger partial charge in [-0.2, -0.15) is 4.37 Å². The number of nitrogens with zero attached hydrogens (tertiary/aromatic N) is 3. The number of ether oxygens (including phenoxy) is 1. The van der Waals surface area contributed by atoms with Crippen molar-refractivity contribution in [1.29, 1.82) is 0 Å². The average Bonchev–Trinajstić information content (AvgIpc) is 2.96. The Kier molecular flexibility index (Phi) is 5.11. The molecule has 7 heteroatoms. The first-order chi connectivity index (χ1) is 8.69. The quantitative estimate of drug-likeness (QED) is 0.804. The highest BCUT2D eigenvalue weighted by molar-refractivity contribution is 9.11. The number of methoxy groups -OCH3 is 1. The predicted molar refractivity (Wildman–Crippen MR) is 79.6 cm³/mol.